The second kappa shape index (κ2) is 8.55. The third kappa shape index (κ3) is 4.06. The number of ether oxygens (including phenoxy) is 3. The van der Waals surface area contributed by atoms with Crippen molar-refractivity contribution in [3.05, 3.63) is 89.2 Å². The molecule has 0 fully saturated rings. The quantitative estimate of drug-likeness (QED) is 0.406. The van der Waals surface area contributed by atoms with Crippen LogP contribution in [0.5, 0.6) is 11.5 Å². The third-order valence-corrected chi connectivity index (χ3v) is 4.98. The minimum absolute atomic E-state index is 0.332. The van der Waals surface area contributed by atoms with Crippen LogP contribution in [-0.4, -0.2) is 23.8 Å². The average Bonchev–Trinajstić information content (AvgIpc) is 3.18. The highest BCUT2D eigenvalue weighted by atomic mass is 35.5. The summed E-state index contributed by atoms with van der Waals surface area (Å²) >= 11 is 5.94. The standard InChI is InChI=1S/C23H21ClN2O3/c1-27-21-14-18(7-10-20(21)29-15-16-5-8-19(24)9-6-16)23(28-2)26-13-11-17-4-3-12-25-22(17)26/h3-14,23H,15H2,1-2H3. The van der Waals surface area contributed by atoms with Crippen LogP contribution in [0.3, 0.4) is 0 Å². The fourth-order valence-corrected chi connectivity index (χ4v) is 3.41. The summed E-state index contributed by atoms with van der Waals surface area (Å²) in [7, 11) is 3.31. The van der Waals surface area contributed by atoms with Gasteiger partial charge in [-0.05, 0) is 48.0 Å². The Balaban J connectivity index is 1.60. The van der Waals surface area contributed by atoms with E-state index in [1.807, 2.05) is 71.4 Å². The highest BCUT2D eigenvalue weighted by Crippen LogP contribution is 2.33. The van der Waals surface area contributed by atoms with Crippen molar-refractivity contribution in [2.24, 2.45) is 0 Å². The number of benzene rings is 2. The minimum atomic E-state index is -0.332. The van der Waals surface area contributed by atoms with Crippen molar-refractivity contribution in [1.82, 2.24) is 9.55 Å². The van der Waals surface area contributed by atoms with Gasteiger partial charge in [0, 0.05) is 35.5 Å². The zero-order valence-electron chi connectivity index (χ0n) is 16.2. The van der Waals surface area contributed by atoms with Gasteiger partial charge in [-0.25, -0.2) is 4.98 Å². The smallest absolute Gasteiger partial charge is 0.161 e. The summed E-state index contributed by atoms with van der Waals surface area (Å²) in [4.78, 5) is 4.48. The molecule has 0 bridgehead atoms. The molecule has 0 radical (unpaired) electrons. The first-order valence-corrected chi connectivity index (χ1v) is 9.57. The van der Waals surface area contributed by atoms with E-state index in [-0.39, 0.29) is 6.23 Å². The Hall–Kier alpha value is -3.02. The monoisotopic (exact) mass is 408 g/mol. The average molecular weight is 409 g/mol. The number of nitrogens with zero attached hydrogens (tertiary/aromatic N) is 2. The first-order chi connectivity index (χ1) is 14.2. The molecule has 29 heavy (non-hydrogen) atoms. The lowest BCUT2D eigenvalue weighted by molar-refractivity contribution is 0.0815. The molecule has 6 heteroatoms. The van der Waals surface area contributed by atoms with E-state index < -0.39 is 0 Å². The molecule has 4 aromatic rings. The van der Waals surface area contributed by atoms with Gasteiger partial charge < -0.3 is 18.8 Å². The third-order valence-electron chi connectivity index (χ3n) is 4.73. The van der Waals surface area contributed by atoms with Crippen LogP contribution in [0.15, 0.2) is 73.1 Å². The van der Waals surface area contributed by atoms with Crippen molar-refractivity contribution >= 4 is 22.6 Å². The number of rotatable bonds is 7. The molecule has 0 saturated carbocycles. The molecule has 5 nitrogen and oxygen atoms in total. The number of aromatic nitrogens is 2. The van der Waals surface area contributed by atoms with Gasteiger partial charge in [0.05, 0.1) is 7.11 Å². The van der Waals surface area contributed by atoms with Crippen molar-refractivity contribution in [3.63, 3.8) is 0 Å². The van der Waals surface area contributed by atoms with Crippen LogP contribution in [0.4, 0.5) is 0 Å². The predicted octanol–water partition coefficient (Wildman–Crippen LogP) is 5.47. The van der Waals surface area contributed by atoms with E-state index in [0.717, 1.165) is 22.2 Å². The Kier molecular flexibility index (Phi) is 5.69. The van der Waals surface area contributed by atoms with Crippen LogP contribution >= 0.6 is 11.6 Å². The van der Waals surface area contributed by atoms with Gasteiger partial charge in [-0.3, -0.25) is 0 Å². The van der Waals surface area contributed by atoms with Gasteiger partial charge in [-0.2, -0.15) is 0 Å². The summed E-state index contributed by atoms with van der Waals surface area (Å²) in [5.74, 6) is 1.31. The van der Waals surface area contributed by atoms with E-state index in [1.54, 1.807) is 20.4 Å². The summed E-state index contributed by atoms with van der Waals surface area (Å²) in [5.41, 5.74) is 2.83. The molecule has 0 aliphatic carbocycles. The van der Waals surface area contributed by atoms with Gasteiger partial charge in [0.25, 0.3) is 0 Å². The fourth-order valence-electron chi connectivity index (χ4n) is 3.28. The second-order valence-corrected chi connectivity index (χ2v) is 6.99. The van der Waals surface area contributed by atoms with Gasteiger partial charge in [0.1, 0.15) is 12.3 Å². The normalized spacial score (nSPS) is 12.1. The first kappa shape index (κ1) is 19.3. The molecule has 1 atom stereocenters. The van der Waals surface area contributed by atoms with E-state index in [2.05, 4.69) is 4.98 Å². The lowest BCUT2D eigenvalue weighted by atomic mass is 10.1. The van der Waals surface area contributed by atoms with E-state index in [9.17, 15) is 0 Å². The Morgan fingerprint density at radius 1 is 1.00 bits per heavy atom. The number of methoxy groups -OCH3 is 2. The van der Waals surface area contributed by atoms with E-state index in [4.69, 9.17) is 25.8 Å². The van der Waals surface area contributed by atoms with Crippen molar-refractivity contribution in [3.8, 4) is 11.5 Å². The van der Waals surface area contributed by atoms with Crippen LogP contribution in [0.1, 0.15) is 17.4 Å². The van der Waals surface area contributed by atoms with Gasteiger partial charge >= 0.3 is 0 Å². The van der Waals surface area contributed by atoms with E-state index in [1.165, 1.54) is 0 Å². The molecule has 0 amide bonds. The number of hydrogen-bond acceptors (Lipinski definition) is 4. The van der Waals surface area contributed by atoms with Crippen molar-refractivity contribution in [2.75, 3.05) is 14.2 Å². The fraction of sp³-hybridized carbons (Fsp3) is 0.174. The Labute approximate surface area is 174 Å². The van der Waals surface area contributed by atoms with Crippen LogP contribution in [0, 0.1) is 0 Å². The number of hydrogen-bond donors (Lipinski definition) is 0. The van der Waals surface area contributed by atoms with Gasteiger partial charge in [0.15, 0.2) is 17.7 Å². The van der Waals surface area contributed by atoms with Crippen LogP contribution < -0.4 is 9.47 Å². The molecule has 2 aromatic heterocycles. The van der Waals surface area contributed by atoms with Crippen molar-refractivity contribution < 1.29 is 14.2 Å². The zero-order chi connectivity index (χ0) is 20.2. The molecule has 0 aliphatic heterocycles. The lowest BCUT2D eigenvalue weighted by Gasteiger charge is -2.20. The Bertz CT molecular complexity index is 1110. The lowest BCUT2D eigenvalue weighted by Crippen LogP contribution is -2.12. The van der Waals surface area contributed by atoms with Crippen molar-refractivity contribution in [1.29, 1.82) is 0 Å². The van der Waals surface area contributed by atoms with E-state index >= 15 is 0 Å². The maximum Gasteiger partial charge on any atom is 0.161 e. The SMILES string of the molecule is COc1cc(C(OC)n2ccc3cccnc32)ccc1OCc1ccc(Cl)cc1. The largest absolute Gasteiger partial charge is 0.493 e. The van der Waals surface area contributed by atoms with Gasteiger partial charge in [0.2, 0.25) is 0 Å². The highest BCUT2D eigenvalue weighted by molar-refractivity contribution is 6.30. The zero-order valence-corrected chi connectivity index (χ0v) is 17.0. The first-order valence-electron chi connectivity index (χ1n) is 9.19. The van der Waals surface area contributed by atoms with Gasteiger partial charge in [-0.15, -0.1) is 0 Å². The highest BCUT2D eigenvalue weighted by Gasteiger charge is 2.18. The number of pyridine rings is 1. The Morgan fingerprint density at radius 2 is 1.83 bits per heavy atom. The topological polar surface area (TPSA) is 45.5 Å². The summed E-state index contributed by atoms with van der Waals surface area (Å²) in [5, 5.41) is 1.76. The molecular formula is C23H21ClN2O3. The molecule has 148 valence electrons. The number of fused-ring (bicyclic) bond motifs is 1. The van der Waals surface area contributed by atoms with Gasteiger partial charge in [-0.1, -0.05) is 29.8 Å². The summed E-state index contributed by atoms with van der Waals surface area (Å²) in [6, 6.07) is 19.3. The molecule has 2 heterocycles. The minimum Gasteiger partial charge on any atom is -0.493 e. The molecule has 1 unspecified atom stereocenters. The molecule has 0 saturated heterocycles. The van der Waals surface area contributed by atoms with Crippen LogP contribution in [-0.2, 0) is 11.3 Å². The van der Waals surface area contributed by atoms with E-state index in [0.29, 0.717) is 23.1 Å². The molecule has 0 N–H and O–H groups in total. The maximum atomic E-state index is 5.96. The maximum absolute atomic E-state index is 5.96. The predicted molar refractivity (Wildman–Crippen MR) is 114 cm³/mol. The summed E-state index contributed by atoms with van der Waals surface area (Å²) in [6.07, 6.45) is 3.42. The van der Waals surface area contributed by atoms with Crippen LogP contribution in [0.25, 0.3) is 11.0 Å². The van der Waals surface area contributed by atoms with Crippen molar-refractivity contribution in [2.45, 2.75) is 12.8 Å². The summed E-state index contributed by atoms with van der Waals surface area (Å²) in [6.45, 7) is 0.423. The second-order valence-electron chi connectivity index (χ2n) is 6.55. The molecule has 0 aliphatic rings. The molecule has 0 spiro atoms. The van der Waals surface area contributed by atoms with Crippen LogP contribution in [0.2, 0.25) is 5.02 Å². The number of halogens is 1. The Morgan fingerprint density at radius 3 is 2.59 bits per heavy atom. The summed E-state index contributed by atoms with van der Waals surface area (Å²) < 4.78 is 19.3. The molecular weight excluding hydrogens is 388 g/mol. The molecule has 4 rings (SSSR count). The molecule has 2 aromatic carbocycles.